The summed E-state index contributed by atoms with van der Waals surface area (Å²) in [7, 11) is 0. The Morgan fingerprint density at radius 2 is 2.25 bits per heavy atom. The zero-order chi connectivity index (χ0) is 11.3. The van der Waals surface area contributed by atoms with E-state index in [2.05, 4.69) is 31.1 Å². The van der Waals surface area contributed by atoms with E-state index in [1.165, 1.54) is 11.1 Å². The summed E-state index contributed by atoms with van der Waals surface area (Å²) in [6, 6.07) is 6.19. The Morgan fingerprint density at radius 1 is 1.44 bits per heavy atom. The molecule has 1 aliphatic carbocycles. The Bertz CT molecular complexity index is 527. The summed E-state index contributed by atoms with van der Waals surface area (Å²) in [4.78, 5) is 0. The van der Waals surface area contributed by atoms with Crippen LogP contribution in [0.1, 0.15) is 25.3 Å². The van der Waals surface area contributed by atoms with Crippen LogP contribution in [0, 0.1) is 11.3 Å². The molecule has 1 fully saturated rings. The average molecular weight is 215 g/mol. The van der Waals surface area contributed by atoms with Gasteiger partial charge in [-0.3, -0.25) is 0 Å². The minimum atomic E-state index is 0.327. The first-order chi connectivity index (χ1) is 7.66. The summed E-state index contributed by atoms with van der Waals surface area (Å²) in [6.07, 6.45) is 3.99. The number of fused-ring (bicyclic) bond motifs is 1. The van der Waals surface area contributed by atoms with Crippen LogP contribution in [0.25, 0.3) is 5.52 Å². The van der Waals surface area contributed by atoms with Gasteiger partial charge in [0.15, 0.2) is 0 Å². The zero-order valence-electron chi connectivity index (χ0n) is 9.72. The second kappa shape index (κ2) is 3.08. The molecule has 0 bridgehead atoms. The summed E-state index contributed by atoms with van der Waals surface area (Å²) in [5.74, 6) is 1.16. The van der Waals surface area contributed by atoms with Gasteiger partial charge in [0.25, 0.3) is 0 Å². The minimum absolute atomic E-state index is 0.327. The first-order valence-electron chi connectivity index (χ1n) is 5.78. The topological polar surface area (TPSA) is 43.3 Å². The van der Waals surface area contributed by atoms with E-state index in [4.69, 9.17) is 5.73 Å². The fourth-order valence-corrected chi connectivity index (χ4v) is 3.00. The van der Waals surface area contributed by atoms with Gasteiger partial charge in [0, 0.05) is 11.8 Å². The van der Waals surface area contributed by atoms with Crippen LogP contribution in [0.3, 0.4) is 0 Å². The number of hydrogen-bond donors (Lipinski definition) is 1. The average Bonchev–Trinajstić information content (AvgIpc) is 2.66. The Labute approximate surface area is 95.3 Å². The van der Waals surface area contributed by atoms with E-state index < -0.39 is 0 Å². The number of nitrogens with two attached hydrogens (primary N) is 1. The van der Waals surface area contributed by atoms with E-state index in [-0.39, 0.29) is 0 Å². The molecule has 2 atom stereocenters. The molecule has 0 amide bonds. The summed E-state index contributed by atoms with van der Waals surface area (Å²) < 4.78 is 1.94. The second-order valence-electron chi connectivity index (χ2n) is 5.27. The highest BCUT2D eigenvalue weighted by atomic mass is 15.2. The molecule has 1 aliphatic rings. The molecule has 84 valence electrons. The third-order valence-corrected chi connectivity index (χ3v) is 4.10. The van der Waals surface area contributed by atoms with Crippen molar-refractivity contribution in [2.45, 2.75) is 19.8 Å². The van der Waals surface area contributed by atoms with Crippen LogP contribution in [-0.4, -0.2) is 16.2 Å². The van der Waals surface area contributed by atoms with Gasteiger partial charge in [0.1, 0.15) is 0 Å². The number of hydrogen-bond acceptors (Lipinski definition) is 2. The largest absolute Gasteiger partial charge is 0.330 e. The number of nitrogens with zero attached hydrogens (tertiary/aromatic N) is 2. The second-order valence-corrected chi connectivity index (χ2v) is 5.27. The van der Waals surface area contributed by atoms with E-state index >= 15 is 0 Å². The Kier molecular flexibility index (Phi) is 1.89. The molecular weight excluding hydrogens is 198 g/mol. The molecule has 0 saturated heterocycles. The van der Waals surface area contributed by atoms with Crippen LogP contribution in [0.15, 0.2) is 30.6 Å². The molecule has 2 heterocycles. The van der Waals surface area contributed by atoms with Gasteiger partial charge in [-0.2, -0.15) is 5.10 Å². The van der Waals surface area contributed by atoms with Crippen LogP contribution >= 0.6 is 0 Å². The molecule has 2 unspecified atom stereocenters. The van der Waals surface area contributed by atoms with Gasteiger partial charge < -0.3 is 5.73 Å². The van der Waals surface area contributed by atoms with Crippen molar-refractivity contribution in [3.05, 3.63) is 36.2 Å². The van der Waals surface area contributed by atoms with Crippen molar-refractivity contribution < 1.29 is 0 Å². The van der Waals surface area contributed by atoms with Crippen LogP contribution < -0.4 is 5.73 Å². The molecule has 0 aliphatic heterocycles. The maximum atomic E-state index is 5.82. The smallest absolute Gasteiger partial charge is 0.0696 e. The van der Waals surface area contributed by atoms with E-state index in [1.54, 1.807) is 0 Å². The first kappa shape index (κ1) is 9.85. The lowest BCUT2D eigenvalue weighted by molar-refractivity contribution is 0.559. The van der Waals surface area contributed by atoms with Gasteiger partial charge >= 0.3 is 0 Å². The third-order valence-electron chi connectivity index (χ3n) is 4.10. The lowest BCUT2D eigenvalue weighted by Crippen LogP contribution is -2.05. The van der Waals surface area contributed by atoms with Crippen molar-refractivity contribution in [2.24, 2.45) is 17.1 Å². The maximum Gasteiger partial charge on any atom is 0.0696 e. The predicted molar refractivity (Wildman–Crippen MR) is 64.3 cm³/mol. The third kappa shape index (κ3) is 1.15. The van der Waals surface area contributed by atoms with Crippen LogP contribution in [0.4, 0.5) is 0 Å². The Morgan fingerprint density at radius 3 is 2.94 bits per heavy atom. The minimum Gasteiger partial charge on any atom is -0.330 e. The Balaban J connectivity index is 2.08. The number of aromatic nitrogens is 2. The van der Waals surface area contributed by atoms with Crippen molar-refractivity contribution in [3.63, 3.8) is 0 Å². The molecule has 16 heavy (non-hydrogen) atoms. The molecular formula is C13H17N3. The molecule has 2 aromatic rings. The molecule has 2 N–H and O–H groups in total. The van der Waals surface area contributed by atoms with Crippen molar-refractivity contribution >= 4 is 5.52 Å². The van der Waals surface area contributed by atoms with Gasteiger partial charge in [-0.1, -0.05) is 19.9 Å². The zero-order valence-corrected chi connectivity index (χ0v) is 9.72. The molecule has 0 spiro atoms. The SMILES string of the molecule is CC1(C)C(CN)C1c1cnn2ccccc12. The van der Waals surface area contributed by atoms with Crippen molar-refractivity contribution in [2.75, 3.05) is 6.54 Å². The van der Waals surface area contributed by atoms with Gasteiger partial charge in [-0.25, -0.2) is 4.52 Å². The van der Waals surface area contributed by atoms with E-state index in [1.807, 2.05) is 23.0 Å². The standard InChI is InChI=1S/C13H17N3/c1-13(2)10(7-14)12(13)9-8-15-16-6-4-3-5-11(9)16/h3-6,8,10,12H,7,14H2,1-2H3. The number of rotatable bonds is 2. The first-order valence-corrected chi connectivity index (χ1v) is 5.78. The highest BCUT2D eigenvalue weighted by Gasteiger charge is 2.58. The fraction of sp³-hybridized carbons (Fsp3) is 0.462. The Hall–Kier alpha value is -1.35. The van der Waals surface area contributed by atoms with Gasteiger partial charge in [-0.05, 0) is 35.9 Å². The highest BCUT2D eigenvalue weighted by Crippen LogP contribution is 2.64. The van der Waals surface area contributed by atoms with E-state index in [9.17, 15) is 0 Å². The summed E-state index contributed by atoms with van der Waals surface area (Å²) >= 11 is 0. The van der Waals surface area contributed by atoms with E-state index in [0.29, 0.717) is 17.3 Å². The van der Waals surface area contributed by atoms with Gasteiger partial charge in [0.05, 0.1) is 11.7 Å². The van der Waals surface area contributed by atoms with Crippen molar-refractivity contribution in [1.29, 1.82) is 0 Å². The summed E-state index contributed by atoms with van der Waals surface area (Å²) in [5.41, 5.74) is 8.72. The molecule has 3 nitrogen and oxygen atoms in total. The lowest BCUT2D eigenvalue weighted by Gasteiger charge is -2.00. The maximum absolute atomic E-state index is 5.82. The van der Waals surface area contributed by atoms with Crippen LogP contribution in [0.2, 0.25) is 0 Å². The molecule has 3 rings (SSSR count). The monoisotopic (exact) mass is 215 g/mol. The van der Waals surface area contributed by atoms with Gasteiger partial charge in [-0.15, -0.1) is 0 Å². The molecule has 2 aromatic heterocycles. The summed E-state index contributed by atoms with van der Waals surface area (Å²) in [5, 5.41) is 4.39. The predicted octanol–water partition coefficient (Wildman–Crippen LogP) is 2.03. The molecule has 0 aromatic carbocycles. The van der Waals surface area contributed by atoms with Crippen molar-refractivity contribution in [1.82, 2.24) is 9.61 Å². The fourth-order valence-electron chi connectivity index (χ4n) is 3.00. The van der Waals surface area contributed by atoms with Crippen LogP contribution in [-0.2, 0) is 0 Å². The quantitative estimate of drug-likeness (QED) is 0.833. The highest BCUT2D eigenvalue weighted by molar-refractivity contribution is 5.58. The van der Waals surface area contributed by atoms with Crippen LogP contribution in [0.5, 0.6) is 0 Å². The molecule has 0 radical (unpaired) electrons. The molecule has 1 saturated carbocycles. The van der Waals surface area contributed by atoms with Gasteiger partial charge in [0.2, 0.25) is 0 Å². The summed E-state index contributed by atoms with van der Waals surface area (Å²) in [6.45, 7) is 5.35. The number of pyridine rings is 1. The molecule has 3 heteroatoms. The normalized spacial score (nSPS) is 27.2. The van der Waals surface area contributed by atoms with Crippen molar-refractivity contribution in [3.8, 4) is 0 Å². The lowest BCUT2D eigenvalue weighted by atomic mass is 10.0. The van der Waals surface area contributed by atoms with E-state index in [0.717, 1.165) is 6.54 Å².